The molecule has 0 unspecified atom stereocenters. The molecule has 0 aromatic heterocycles. The van der Waals surface area contributed by atoms with Crippen LogP contribution in [0.2, 0.25) is 0 Å². The number of carbonyl (C=O) groups excluding carboxylic acids is 1. The van der Waals surface area contributed by atoms with Crippen LogP contribution < -0.4 is 0 Å². The summed E-state index contributed by atoms with van der Waals surface area (Å²) in [5.74, 6) is -3.66. The number of hydrogen-bond acceptors (Lipinski definition) is 2. The van der Waals surface area contributed by atoms with E-state index in [1.54, 1.807) is 0 Å². The van der Waals surface area contributed by atoms with Crippen LogP contribution in [0.5, 0.6) is 0 Å². The molecule has 0 aliphatic carbocycles. The minimum absolute atomic E-state index is 0.0530. The average molecular weight is 308 g/mol. The number of unbranched alkanes of at least 4 members (excludes halogenated alkanes) is 1. The lowest BCUT2D eigenvalue weighted by atomic mass is 10.1. The molecular formula is C14H13F5O2. The molecular weight excluding hydrogens is 295 g/mol. The number of halogens is 5. The van der Waals surface area contributed by atoms with Gasteiger partial charge < -0.3 is 4.74 Å². The largest absolute Gasteiger partial charge is 0.463 e. The Bertz CT molecular complexity index is 535. The fourth-order valence-electron chi connectivity index (χ4n) is 1.43. The van der Waals surface area contributed by atoms with Crippen molar-refractivity contribution >= 4 is 12.0 Å². The van der Waals surface area contributed by atoms with Crippen LogP contribution >= 0.6 is 0 Å². The standard InChI is InChI=1S/C14H13F5O2/c1-2-3-6-21-13(20)5-4-9-7-12(16)10(8-11(9)15)14(17,18)19/h4-5,7-8H,2-3,6H2,1H3/b5-4+. The van der Waals surface area contributed by atoms with Crippen molar-refractivity contribution in [3.05, 3.63) is 41.0 Å². The van der Waals surface area contributed by atoms with E-state index >= 15 is 0 Å². The van der Waals surface area contributed by atoms with Crippen LogP contribution in [0.15, 0.2) is 18.2 Å². The van der Waals surface area contributed by atoms with Crippen molar-refractivity contribution in [1.82, 2.24) is 0 Å². The van der Waals surface area contributed by atoms with Crippen LogP contribution in [-0.4, -0.2) is 12.6 Å². The highest BCUT2D eigenvalue weighted by atomic mass is 19.4. The summed E-state index contributed by atoms with van der Waals surface area (Å²) in [5.41, 5.74) is -2.16. The molecule has 0 amide bonds. The lowest BCUT2D eigenvalue weighted by Crippen LogP contribution is -2.09. The van der Waals surface area contributed by atoms with Crippen LogP contribution in [0.25, 0.3) is 6.08 Å². The number of alkyl halides is 3. The maximum atomic E-state index is 13.4. The van der Waals surface area contributed by atoms with Crippen molar-refractivity contribution in [3.63, 3.8) is 0 Å². The lowest BCUT2D eigenvalue weighted by molar-refractivity contribution is -0.140. The highest BCUT2D eigenvalue weighted by Gasteiger charge is 2.34. The molecule has 0 atom stereocenters. The maximum absolute atomic E-state index is 13.4. The van der Waals surface area contributed by atoms with Crippen molar-refractivity contribution in [2.24, 2.45) is 0 Å². The minimum Gasteiger partial charge on any atom is -0.463 e. The van der Waals surface area contributed by atoms with E-state index in [4.69, 9.17) is 4.74 Å². The molecule has 0 saturated heterocycles. The van der Waals surface area contributed by atoms with Gasteiger partial charge in [0.2, 0.25) is 0 Å². The van der Waals surface area contributed by atoms with Gasteiger partial charge >= 0.3 is 12.1 Å². The average Bonchev–Trinajstić information content (AvgIpc) is 2.38. The summed E-state index contributed by atoms with van der Waals surface area (Å²) in [4.78, 5) is 11.2. The zero-order valence-electron chi connectivity index (χ0n) is 11.1. The quantitative estimate of drug-likeness (QED) is 0.350. The van der Waals surface area contributed by atoms with Crippen LogP contribution in [0, 0.1) is 11.6 Å². The van der Waals surface area contributed by atoms with E-state index in [1.807, 2.05) is 6.92 Å². The van der Waals surface area contributed by atoms with Crippen LogP contribution in [0.4, 0.5) is 22.0 Å². The van der Waals surface area contributed by atoms with Gasteiger partial charge in [-0.1, -0.05) is 13.3 Å². The fourth-order valence-corrected chi connectivity index (χ4v) is 1.43. The predicted molar refractivity (Wildman–Crippen MR) is 66.3 cm³/mol. The van der Waals surface area contributed by atoms with E-state index < -0.39 is 34.9 Å². The molecule has 0 spiro atoms. The van der Waals surface area contributed by atoms with Gasteiger partial charge in [0.05, 0.1) is 12.2 Å². The second-order valence-corrected chi connectivity index (χ2v) is 4.21. The van der Waals surface area contributed by atoms with Gasteiger partial charge in [-0.2, -0.15) is 13.2 Å². The van der Waals surface area contributed by atoms with Crippen LogP contribution in [0.3, 0.4) is 0 Å². The number of esters is 1. The minimum atomic E-state index is -4.98. The zero-order valence-corrected chi connectivity index (χ0v) is 11.1. The first kappa shape index (κ1) is 17.1. The first-order valence-corrected chi connectivity index (χ1v) is 6.16. The summed E-state index contributed by atoms with van der Waals surface area (Å²) < 4.78 is 68.5. The summed E-state index contributed by atoms with van der Waals surface area (Å²) in [6, 6.07) is 0.436. The van der Waals surface area contributed by atoms with Gasteiger partial charge in [0, 0.05) is 11.6 Å². The molecule has 0 saturated carbocycles. The molecule has 0 heterocycles. The number of carbonyl (C=O) groups is 1. The van der Waals surface area contributed by atoms with E-state index in [0.717, 1.165) is 18.6 Å². The van der Waals surface area contributed by atoms with Crippen molar-refractivity contribution in [2.45, 2.75) is 25.9 Å². The molecule has 0 bridgehead atoms. The van der Waals surface area contributed by atoms with E-state index in [-0.39, 0.29) is 12.7 Å². The van der Waals surface area contributed by atoms with E-state index in [0.29, 0.717) is 12.5 Å². The Kier molecular flexibility index (Phi) is 5.87. The molecule has 0 N–H and O–H groups in total. The highest BCUT2D eigenvalue weighted by molar-refractivity contribution is 5.87. The summed E-state index contributed by atoms with van der Waals surface area (Å²) in [5, 5.41) is 0. The molecule has 7 heteroatoms. The van der Waals surface area contributed by atoms with Gasteiger partial charge in [0.25, 0.3) is 0 Å². The third-order valence-corrected chi connectivity index (χ3v) is 2.53. The molecule has 2 nitrogen and oxygen atoms in total. The Morgan fingerprint density at radius 3 is 2.48 bits per heavy atom. The van der Waals surface area contributed by atoms with Crippen molar-refractivity contribution in [2.75, 3.05) is 6.61 Å². The second-order valence-electron chi connectivity index (χ2n) is 4.21. The normalized spacial score (nSPS) is 11.9. The first-order chi connectivity index (χ1) is 9.75. The Labute approximate surface area is 118 Å². The molecule has 0 aliphatic rings. The van der Waals surface area contributed by atoms with Crippen molar-refractivity contribution in [3.8, 4) is 0 Å². The second kappa shape index (κ2) is 7.19. The molecule has 0 fully saturated rings. The summed E-state index contributed by atoms with van der Waals surface area (Å²) in [7, 11) is 0. The molecule has 0 aliphatic heterocycles. The third-order valence-electron chi connectivity index (χ3n) is 2.53. The molecule has 1 aromatic carbocycles. The molecule has 0 radical (unpaired) electrons. The molecule has 116 valence electrons. The Balaban J connectivity index is 2.86. The van der Waals surface area contributed by atoms with E-state index in [2.05, 4.69) is 0 Å². The van der Waals surface area contributed by atoms with Gasteiger partial charge in [-0.25, -0.2) is 13.6 Å². The van der Waals surface area contributed by atoms with Crippen LogP contribution in [-0.2, 0) is 15.7 Å². The Hall–Kier alpha value is -1.92. The van der Waals surface area contributed by atoms with Gasteiger partial charge in [-0.15, -0.1) is 0 Å². The van der Waals surface area contributed by atoms with E-state index in [9.17, 15) is 26.7 Å². The third kappa shape index (κ3) is 5.17. The zero-order chi connectivity index (χ0) is 16.0. The number of rotatable bonds is 5. The Morgan fingerprint density at radius 1 is 1.24 bits per heavy atom. The maximum Gasteiger partial charge on any atom is 0.419 e. The smallest absolute Gasteiger partial charge is 0.419 e. The van der Waals surface area contributed by atoms with Gasteiger partial charge in [-0.05, 0) is 24.6 Å². The van der Waals surface area contributed by atoms with Gasteiger partial charge in [-0.3, -0.25) is 0 Å². The lowest BCUT2D eigenvalue weighted by Gasteiger charge is -2.09. The summed E-state index contributed by atoms with van der Waals surface area (Å²) >= 11 is 0. The monoisotopic (exact) mass is 308 g/mol. The first-order valence-electron chi connectivity index (χ1n) is 6.16. The molecule has 1 aromatic rings. The summed E-state index contributed by atoms with van der Waals surface area (Å²) in [6.07, 6.45) is -1.81. The number of benzene rings is 1. The van der Waals surface area contributed by atoms with Gasteiger partial charge in [0.15, 0.2) is 0 Å². The topological polar surface area (TPSA) is 26.3 Å². The molecule has 21 heavy (non-hydrogen) atoms. The van der Waals surface area contributed by atoms with Gasteiger partial charge in [0.1, 0.15) is 11.6 Å². The highest BCUT2D eigenvalue weighted by Crippen LogP contribution is 2.32. The number of hydrogen-bond donors (Lipinski definition) is 0. The van der Waals surface area contributed by atoms with E-state index in [1.165, 1.54) is 0 Å². The molecule has 1 rings (SSSR count). The Morgan fingerprint density at radius 2 is 1.90 bits per heavy atom. The fraction of sp³-hybridized carbons (Fsp3) is 0.357. The summed E-state index contributed by atoms with van der Waals surface area (Å²) in [6.45, 7) is 2.08. The SMILES string of the molecule is CCCCOC(=O)/C=C/c1cc(F)c(C(F)(F)F)cc1F. The predicted octanol–water partition coefficient (Wildman–Crippen LogP) is 4.34. The van der Waals surface area contributed by atoms with Crippen molar-refractivity contribution < 1.29 is 31.5 Å². The van der Waals surface area contributed by atoms with Crippen LogP contribution in [0.1, 0.15) is 30.9 Å². The number of ether oxygens (including phenoxy) is 1. The van der Waals surface area contributed by atoms with Crippen molar-refractivity contribution in [1.29, 1.82) is 0 Å².